The van der Waals surface area contributed by atoms with E-state index in [4.69, 9.17) is 17.0 Å². The van der Waals surface area contributed by atoms with Crippen LogP contribution >= 0.6 is 12.2 Å². The molecule has 0 atom stereocenters. The van der Waals surface area contributed by atoms with Gasteiger partial charge in [-0.3, -0.25) is 14.2 Å². The van der Waals surface area contributed by atoms with Crippen LogP contribution in [0, 0.1) is 10.2 Å². The lowest BCUT2D eigenvalue weighted by atomic mass is 9.88. The number of nitrogens with zero attached hydrogens (tertiary/aromatic N) is 1. The number of ether oxygens (including phenoxy) is 1. The Morgan fingerprint density at radius 3 is 2.83 bits per heavy atom. The van der Waals surface area contributed by atoms with Crippen molar-refractivity contribution in [1.82, 2.24) is 14.9 Å². The summed E-state index contributed by atoms with van der Waals surface area (Å²) in [7, 11) is 0. The maximum absolute atomic E-state index is 12.3. The number of hydrogen-bond donors (Lipinski definition) is 2. The van der Waals surface area contributed by atoms with E-state index in [9.17, 15) is 9.59 Å². The molecule has 0 radical (unpaired) electrons. The lowest BCUT2D eigenvalue weighted by molar-refractivity contribution is -0.0978. The normalized spacial score (nSPS) is 16.1. The summed E-state index contributed by atoms with van der Waals surface area (Å²) in [5.74, 6) is -0.168. The molecule has 1 saturated heterocycles. The van der Waals surface area contributed by atoms with Gasteiger partial charge in [-0.15, -0.1) is 0 Å². The van der Waals surface area contributed by atoms with Gasteiger partial charge in [0.05, 0.1) is 24.1 Å². The Morgan fingerprint density at radius 1 is 1.48 bits per heavy atom. The van der Waals surface area contributed by atoms with Crippen molar-refractivity contribution in [3.8, 4) is 0 Å². The molecule has 7 heteroatoms. The minimum Gasteiger partial charge on any atom is -0.380 e. The lowest BCUT2D eigenvalue weighted by Crippen LogP contribution is -2.48. The van der Waals surface area contributed by atoms with Crippen molar-refractivity contribution in [1.29, 1.82) is 0 Å². The Bertz CT molecular complexity index is 880. The van der Waals surface area contributed by atoms with E-state index in [1.165, 1.54) is 4.57 Å². The molecule has 23 heavy (non-hydrogen) atoms. The quantitative estimate of drug-likeness (QED) is 0.837. The number of hydrogen-bond acceptors (Lipinski definition) is 4. The first-order valence-electron chi connectivity index (χ1n) is 7.56. The van der Waals surface area contributed by atoms with Gasteiger partial charge in [-0.05, 0) is 37.3 Å². The molecule has 0 bridgehead atoms. The second-order valence-corrected chi connectivity index (χ2v) is 6.61. The Hall–Kier alpha value is -1.99. The number of benzene rings is 1. The summed E-state index contributed by atoms with van der Waals surface area (Å²) in [6, 6.07) is 5.00. The van der Waals surface area contributed by atoms with Crippen molar-refractivity contribution in [2.75, 3.05) is 19.8 Å². The van der Waals surface area contributed by atoms with Crippen LogP contribution in [0.2, 0.25) is 0 Å². The minimum atomic E-state index is -0.168. The number of aromatic amines is 1. The van der Waals surface area contributed by atoms with Gasteiger partial charge < -0.3 is 15.0 Å². The molecule has 2 N–H and O–H groups in total. The van der Waals surface area contributed by atoms with Crippen molar-refractivity contribution in [2.24, 2.45) is 5.41 Å². The topological polar surface area (TPSA) is 76.1 Å². The number of H-pyrrole nitrogens is 1. The average Bonchev–Trinajstić information content (AvgIpc) is 2.50. The van der Waals surface area contributed by atoms with Crippen molar-refractivity contribution >= 4 is 29.0 Å². The van der Waals surface area contributed by atoms with Crippen molar-refractivity contribution < 1.29 is 9.53 Å². The fourth-order valence-corrected chi connectivity index (χ4v) is 2.95. The summed E-state index contributed by atoms with van der Waals surface area (Å²) in [5, 5.41) is 3.44. The zero-order valence-corrected chi connectivity index (χ0v) is 14.0. The van der Waals surface area contributed by atoms with Crippen LogP contribution in [0.3, 0.4) is 0 Å². The monoisotopic (exact) mass is 333 g/mol. The maximum atomic E-state index is 12.3. The van der Waals surface area contributed by atoms with Gasteiger partial charge in [0.2, 0.25) is 0 Å². The average molecular weight is 333 g/mol. The molecule has 2 aromatic rings. The summed E-state index contributed by atoms with van der Waals surface area (Å²) < 4.78 is 7.03. The Kier molecular flexibility index (Phi) is 4.08. The van der Waals surface area contributed by atoms with Gasteiger partial charge in [-0.1, -0.05) is 6.92 Å². The predicted octanol–water partition coefficient (Wildman–Crippen LogP) is 1.85. The van der Waals surface area contributed by atoms with Crippen LogP contribution in [0.1, 0.15) is 24.2 Å². The lowest BCUT2D eigenvalue weighted by Gasteiger charge is -2.38. The fourth-order valence-electron chi connectivity index (χ4n) is 2.63. The number of fused-ring (bicyclic) bond motifs is 1. The second-order valence-electron chi connectivity index (χ2n) is 6.23. The molecule has 2 heterocycles. The molecule has 3 rings (SSSR count). The highest BCUT2D eigenvalue weighted by Crippen LogP contribution is 2.25. The SMILES string of the molecule is CCn1c(=S)[nH]c2cc(C(=O)NCC3(C)COC3)ccc2c1=O. The number of carbonyl (C=O) groups is 1. The van der Waals surface area contributed by atoms with Crippen LogP contribution in [0.5, 0.6) is 0 Å². The molecule has 1 amide bonds. The summed E-state index contributed by atoms with van der Waals surface area (Å²) >= 11 is 5.19. The van der Waals surface area contributed by atoms with E-state index in [0.717, 1.165) is 0 Å². The summed E-state index contributed by atoms with van der Waals surface area (Å²) in [6.45, 7) is 6.33. The standard InChI is InChI=1S/C16H19N3O3S/c1-3-19-14(21)11-5-4-10(6-12(11)18-15(19)23)13(20)17-7-16(2)8-22-9-16/h4-6H,3,7-9H2,1-2H3,(H,17,20)(H,18,23). The third kappa shape index (κ3) is 2.94. The molecule has 0 aliphatic carbocycles. The second kappa shape index (κ2) is 5.90. The molecule has 6 nitrogen and oxygen atoms in total. The van der Waals surface area contributed by atoms with Gasteiger partial charge in [-0.2, -0.15) is 0 Å². The molecule has 1 aromatic heterocycles. The molecule has 1 fully saturated rings. The molecule has 1 aliphatic rings. The Morgan fingerprint density at radius 2 is 2.22 bits per heavy atom. The fraction of sp³-hybridized carbons (Fsp3) is 0.438. The molecular formula is C16H19N3O3S. The number of carbonyl (C=O) groups excluding carboxylic acids is 1. The first-order chi connectivity index (χ1) is 10.9. The molecule has 0 unspecified atom stereocenters. The summed E-state index contributed by atoms with van der Waals surface area (Å²) in [4.78, 5) is 27.6. The zero-order valence-electron chi connectivity index (χ0n) is 13.1. The Labute approximate surface area is 138 Å². The van der Waals surface area contributed by atoms with Gasteiger partial charge in [0.15, 0.2) is 4.77 Å². The molecule has 122 valence electrons. The molecule has 1 aliphatic heterocycles. The maximum Gasteiger partial charge on any atom is 0.262 e. The van der Waals surface area contributed by atoms with Crippen LogP contribution in [0.15, 0.2) is 23.0 Å². The van der Waals surface area contributed by atoms with Crippen LogP contribution in [-0.2, 0) is 11.3 Å². The third-order valence-electron chi connectivity index (χ3n) is 4.14. The van der Waals surface area contributed by atoms with Crippen LogP contribution < -0.4 is 10.9 Å². The zero-order chi connectivity index (χ0) is 16.6. The third-order valence-corrected chi connectivity index (χ3v) is 4.46. The highest BCUT2D eigenvalue weighted by atomic mass is 32.1. The van der Waals surface area contributed by atoms with E-state index in [0.29, 0.717) is 47.5 Å². The van der Waals surface area contributed by atoms with E-state index in [1.807, 2.05) is 6.92 Å². The van der Waals surface area contributed by atoms with Crippen molar-refractivity contribution in [3.63, 3.8) is 0 Å². The van der Waals surface area contributed by atoms with E-state index in [1.54, 1.807) is 18.2 Å². The van der Waals surface area contributed by atoms with E-state index in [2.05, 4.69) is 17.2 Å². The first-order valence-corrected chi connectivity index (χ1v) is 7.97. The van der Waals surface area contributed by atoms with E-state index >= 15 is 0 Å². The molecule has 0 spiro atoms. The number of amides is 1. The molecule has 0 saturated carbocycles. The molecule has 1 aromatic carbocycles. The number of rotatable bonds is 4. The van der Waals surface area contributed by atoms with Gasteiger partial charge in [0, 0.05) is 24.1 Å². The molecular weight excluding hydrogens is 314 g/mol. The van der Waals surface area contributed by atoms with E-state index < -0.39 is 0 Å². The summed E-state index contributed by atoms with van der Waals surface area (Å²) in [6.07, 6.45) is 0. The van der Waals surface area contributed by atoms with Gasteiger partial charge in [0.25, 0.3) is 11.5 Å². The van der Waals surface area contributed by atoms with Crippen LogP contribution in [0.4, 0.5) is 0 Å². The van der Waals surface area contributed by atoms with E-state index in [-0.39, 0.29) is 16.9 Å². The summed E-state index contributed by atoms with van der Waals surface area (Å²) in [5.41, 5.74) is 0.954. The van der Waals surface area contributed by atoms with Crippen molar-refractivity contribution in [2.45, 2.75) is 20.4 Å². The van der Waals surface area contributed by atoms with Crippen LogP contribution in [-0.4, -0.2) is 35.2 Å². The van der Waals surface area contributed by atoms with Gasteiger partial charge in [0.1, 0.15) is 0 Å². The Balaban J connectivity index is 1.89. The van der Waals surface area contributed by atoms with Crippen LogP contribution in [0.25, 0.3) is 10.9 Å². The number of aromatic nitrogens is 2. The smallest absolute Gasteiger partial charge is 0.262 e. The van der Waals surface area contributed by atoms with Gasteiger partial charge in [-0.25, -0.2) is 0 Å². The highest BCUT2D eigenvalue weighted by Gasteiger charge is 2.33. The number of nitrogens with one attached hydrogen (secondary N) is 2. The largest absolute Gasteiger partial charge is 0.380 e. The predicted molar refractivity (Wildman–Crippen MR) is 90.3 cm³/mol. The minimum absolute atomic E-state index is 0.0152. The van der Waals surface area contributed by atoms with Gasteiger partial charge >= 0.3 is 0 Å². The van der Waals surface area contributed by atoms with Crippen molar-refractivity contribution in [3.05, 3.63) is 38.9 Å². The highest BCUT2D eigenvalue weighted by molar-refractivity contribution is 7.71. The first kappa shape index (κ1) is 15.9.